The highest BCUT2D eigenvalue weighted by Crippen LogP contribution is 2.40. The zero-order valence-electron chi connectivity index (χ0n) is 29.3. The fourth-order valence-corrected chi connectivity index (χ4v) is 8.73. The van der Waals surface area contributed by atoms with Crippen LogP contribution >= 0.6 is 0 Å². The molecule has 0 radical (unpaired) electrons. The summed E-state index contributed by atoms with van der Waals surface area (Å²) in [6.07, 6.45) is 5.31. The Kier molecular flexibility index (Phi) is 9.36. The van der Waals surface area contributed by atoms with Crippen LogP contribution in [0.5, 0.6) is 0 Å². The van der Waals surface area contributed by atoms with Crippen LogP contribution in [0, 0.1) is 5.92 Å². The van der Waals surface area contributed by atoms with Gasteiger partial charge in [-0.25, -0.2) is 0 Å². The summed E-state index contributed by atoms with van der Waals surface area (Å²) >= 11 is 0. The molecular weight excluding hydrogens is 664 g/mol. The lowest BCUT2D eigenvalue weighted by Gasteiger charge is -2.42. The van der Waals surface area contributed by atoms with Crippen molar-refractivity contribution >= 4 is 35.2 Å². The average molecular weight is 709 g/mol. The van der Waals surface area contributed by atoms with Crippen LogP contribution in [0.15, 0.2) is 54.7 Å². The van der Waals surface area contributed by atoms with E-state index in [0.29, 0.717) is 12.5 Å². The molecule has 4 atom stereocenters. The van der Waals surface area contributed by atoms with E-state index in [4.69, 9.17) is 4.74 Å². The largest absolute Gasteiger partial charge is 0.381 e. The van der Waals surface area contributed by atoms with Gasteiger partial charge >= 0.3 is 0 Å². The fraction of sp³-hybridized carbons (Fsp3) is 0.474. The SMILES string of the molecule is CO[C@@H](C(=O)N1Cc2[nH]ncc2C1N1CCC(CN2CCC[C@H](Nc3ccc4c(c3)C(=O)N(C3CCC(=O)NC3=O)C4=O)C2)CC1)c1ccccc1. The molecule has 2 aromatic carbocycles. The smallest absolute Gasteiger partial charge is 0.262 e. The van der Waals surface area contributed by atoms with E-state index in [1.807, 2.05) is 47.5 Å². The van der Waals surface area contributed by atoms with Gasteiger partial charge in [-0.2, -0.15) is 5.10 Å². The molecule has 14 heteroatoms. The molecule has 0 spiro atoms. The lowest BCUT2D eigenvalue weighted by molar-refractivity contribution is -0.150. The van der Waals surface area contributed by atoms with Crippen molar-refractivity contribution < 1.29 is 28.7 Å². The van der Waals surface area contributed by atoms with Gasteiger partial charge in [0.2, 0.25) is 11.8 Å². The number of anilines is 1. The van der Waals surface area contributed by atoms with Crippen molar-refractivity contribution in [3.63, 3.8) is 0 Å². The molecule has 52 heavy (non-hydrogen) atoms. The van der Waals surface area contributed by atoms with Gasteiger partial charge in [0.1, 0.15) is 12.2 Å². The highest BCUT2D eigenvalue weighted by Gasteiger charge is 2.45. The number of methoxy groups -OCH3 is 1. The van der Waals surface area contributed by atoms with Crippen molar-refractivity contribution in [2.75, 3.05) is 45.2 Å². The van der Waals surface area contributed by atoms with E-state index < -0.39 is 35.8 Å². The summed E-state index contributed by atoms with van der Waals surface area (Å²) in [4.78, 5) is 72.3. The summed E-state index contributed by atoms with van der Waals surface area (Å²) in [6.45, 7) is 5.11. The zero-order valence-corrected chi connectivity index (χ0v) is 29.3. The Morgan fingerprint density at radius 3 is 2.54 bits per heavy atom. The van der Waals surface area contributed by atoms with Gasteiger partial charge in [0, 0.05) is 57.0 Å². The summed E-state index contributed by atoms with van der Waals surface area (Å²) in [5.74, 6) is -1.53. The van der Waals surface area contributed by atoms with E-state index in [1.165, 1.54) is 0 Å². The van der Waals surface area contributed by atoms with Crippen LogP contribution in [0.25, 0.3) is 0 Å². The Morgan fingerprint density at radius 2 is 1.77 bits per heavy atom. The Morgan fingerprint density at radius 1 is 0.981 bits per heavy atom. The fourth-order valence-electron chi connectivity index (χ4n) is 8.73. The summed E-state index contributed by atoms with van der Waals surface area (Å²) in [5.41, 5.74) is 4.19. The van der Waals surface area contributed by atoms with Gasteiger partial charge in [-0.3, -0.25) is 44.2 Å². The summed E-state index contributed by atoms with van der Waals surface area (Å²) in [6, 6.07) is 14.0. The molecule has 272 valence electrons. The van der Waals surface area contributed by atoms with Gasteiger partial charge in [0.25, 0.3) is 17.7 Å². The molecule has 3 aromatic rings. The number of nitrogens with zero attached hydrogens (tertiary/aromatic N) is 5. The molecule has 3 fully saturated rings. The minimum absolute atomic E-state index is 0.0525. The molecule has 3 N–H and O–H groups in total. The summed E-state index contributed by atoms with van der Waals surface area (Å²) in [5, 5.41) is 13.2. The van der Waals surface area contributed by atoms with Crippen LogP contribution in [0.2, 0.25) is 0 Å². The van der Waals surface area contributed by atoms with Crippen molar-refractivity contribution in [2.45, 2.75) is 69.4 Å². The summed E-state index contributed by atoms with van der Waals surface area (Å²) < 4.78 is 5.73. The van der Waals surface area contributed by atoms with Crippen LogP contribution in [0.4, 0.5) is 5.69 Å². The number of likely N-dealkylation sites (tertiary alicyclic amines) is 2. The topological polar surface area (TPSA) is 160 Å². The number of benzene rings is 2. The van der Waals surface area contributed by atoms with Crippen LogP contribution < -0.4 is 10.6 Å². The summed E-state index contributed by atoms with van der Waals surface area (Å²) in [7, 11) is 1.58. The highest BCUT2D eigenvalue weighted by molar-refractivity contribution is 6.23. The number of hydrogen-bond donors (Lipinski definition) is 3. The highest BCUT2D eigenvalue weighted by atomic mass is 16.5. The molecule has 8 rings (SSSR count). The van der Waals surface area contributed by atoms with E-state index >= 15 is 0 Å². The van der Waals surface area contributed by atoms with Gasteiger partial charge in [0.05, 0.1) is 29.6 Å². The number of aromatic nitrogens is 2. The average Bonchev–Trinajstić information content (AvgIpc) is 3.82. The molecule has 5 aliphatic rings. The number of rotatable bonds is 9. The van der Waals surface area contributed by atoms with E-state index in [2.05, 4.69) is 30.6 Å². The molecular formula is C38H44N8O6. The normalized spacial score (nSPS) is 24.9. The number of imide groups is 2. The van der Waals surface area contributed by atoms with E-state index in [9.17, 15) is 24.0 Å². The maximum atomic E-state index is 13.9. The standard InChI is InChI=1S/C38H44N8O6/c1-52-33(24-6-3-2-4-7-24)38(51)45-22-30-29(19-39-42-30)35(45)44-16-13-23(14-17-44)20-43-15-5-8-26(21-43)40-25-9-10-27-28(18-25)37(50)46(36(27)49)31-11-12-32(47)41-34(31)48/h2-4,6-7,9-10,18-19,23,26,31,33,35,40H,5,8,11-17,20-22H2,1H3,(H,39,42)(H,41,47,48)/t26-,31?,33+,35?/m0/s1. The Balaban J connectivity index is 0.868. The van der Waals surface area contributed by atoms with Crippen LogP contribution in [-0.2, 0) is 25.7 Å². The number of hydrogen-bond acceptors (Lipinski definition) is 10. The van der Waals surface area contributed by atoms with Gasteiger partial charge in [0.15, 0.2) is 6.10 Å². The van der Waals surface area contributed by atoms with Crippen molar-refractivity contribution in [1.29, 1.82) is 0 Å². The van der Waals surface area contributed by atoms with Crippen molar-refractivity contribution in [3.8, 4) is 0 Å². The predicted molar refractivity (Wildman–Crippen MR) is 189 cm³/mol. The van der Waals surface area contributed by atoms with Crippen molar-refractivity contribution in [2.24, 2.45) is 5.92 Å². The Hall–Kier alpha value is -4.92. The monoisotopic (exact) mass is 708 g/mol. The second-order valence-electron chi connectivity index (χ2n) is 14.6. The number of carbonyl (C=O) groups excluding carboxylic acids is 5. The number of amides is 5. The molecule has 2 unspecified atom stereocenters. The molecule has 3 saturated heterocycles. The molecule has 5 aliphatic heterocycles. The minimum Gasteiger partial charge on any atom is -0.381 e. The van der Waals surface area contributed by atoms with Gasteiger partial charge < -0.3 is 19.9 Å². The first kappa shape index (κ1) is 34.2. The first-order chi connectivity index (χ1) is 25.3. The maximum Gasteiger partial charge on any atom is 0.262 e. The van der Waals surface area contributed by atoms with Crippen LogP contribution in [0.1, 0.15) is 88.3 Å². The number of piperidine rings is 3. The first-order valence-corrected chi connectivity index (χ1v) is 18.3. The van der Waals surface area contributed by atoms with E-state index in [0.717, 1.165) is 85.8 Å². The third kappa shape index (κ3) is 6.39. The van der Waals surface area contributed by atoms with E-state index in [1.54, 1.807) is 19.2 Å². The minimum atomic E-state index is -0.981. The molecule has 1 aromatic heterocycles. The number of fused-ring (bicyclic) bond motifs is 2. The van der Waals surface area contributed by atoms with Gasteiger partial charge in [-0.05, 0) is 68.3 Å². The second kappa shape index (κ2) is 14.2. The van der Waals surface area contributed by atoms with Crippen molar-refractivity contribution in [1.82, 2.24) is 35.1 Å². The number of nitrogens with one attached hydrogen (secondary N) is 3. The van der Waals surface area contributed by atoms with E-state index in [-0.39, 0.29) is 42.1 Å². The molecule has 14 nitrogen and oxygen atoms in total. The third-order valence-electron chi connectivity index (χ3n) is 11.3. The Bertz CT molecular complexity index is 1870. The molecule has 0 bridgehead atoms. The molecule has 6 heterocycles. The lowest BCUT2D eigenvalue weighted by Crippen LogP contribution is -2.54. The second-order valence-corrected chi connectivity index (χ2v) is 14.6. The number of carbonyl (C=O) groups is 5. The van der Waals surface area contributed by atoms with Gasteiger partial charge in [-0.1, -0.05) is 30.3 Å². The zero-order chi connectivity index (χ0) is 35.9. The molecule has 0 saturated carbocycles. The quantitative estimate of drug-likeness (QED) is 0.282. The number of aromatic amines is 1. The number of ether oxygens (including phenoxy) is 1. The maximum absolute atomic E-state index is 13.9. The molecule has 0 aliphatic carbocycles. The molecule has 5 amide bonds. The Labute approximate surface area is 301 Å². The first-order valence-electron chi connectivity index (χ1n) is 18.3. The lowest BCUT2D eigenvalue weighted by atomic mass is 9.94. The third-order valence-corrected chi connectivity index (χ3v) is 11.3. The predicted octanol–water partition coefficient (Wildman–Crippen LogP) is 2.83. The van der Waals surface area contributed by atoms with Gasteiger partial charge in [-0.15, -0.1) is 0 Å². The number of H-pyrrole nitrogens is 1. The van der Waals surface area contributed by atoms with Crippen molar-refractivity contribution in [3.05, 3.63) is 82.7 Å². The van der Waals surface area contributed by atoms with Crippen LogP contribution in [-0.4, -0.2) is 111 Å². The van der Waals surface area contributed by atoms with Crippen LogP contribution in [0.3, 0.4) is 0 Å².